The van der Waals surface area contributed by atoms with E-state index in [2.05, 4.69) is 6.08 Å². The zero-order valence-corrected chi connectivity index (χ0v) is 11.5. The van der Waals surface area contributed by atoms with Gasteiger partial charge in [-0.25, -0.2) is 0 Å². The van der Waals surface area contributed by atoms with Gasteiger partial charge in [0.2, 0.25) is 0 Å². The molecule has 0 fully saturated rings. The molecular weight excluding hydrogens is 252 g/mol. The molecule has 2 aromatic carbocycles. The fourth-order valence-corrected chi connectivity index (χ4v) is 2.67. The van der Waals surface area contributed by atoms with Crippen molar-refractivity contribution in [3.8, 4) is 28.4 Å². The predicted octanol–water partition coefficient (Wildman–Crippen LogP) is 3.73. The number of allylic oxidation sites excluding steroid dienone is 2. The number of ether oxygens (including phenoxy) is 1. The Morgan fingerprint density at radius 1 is 1.00 bits per heavy atom. The van der Waals surface area contributed by atoms with Crippen LogP contribution in [0.4, 0.5) is 0 Å². The third-order valence-corrected chi connectivity index (χ3v) is 3.75. The molecule has 0 spiro atoms. The van der Waals surface area contributed by atoms with E-state index in [4.69, 9.17) is 4.74 Å². The van der Waals surface area contributed by atoms with Crippen LogP contribution in [0, 0.1) is 0 Å². The van der Waals surface area contributed by atoms with E-state index in [1.807, 2.05) is 19.1 Å². The van der Waals surface area contributed by atoms with Crippen LogP contribution in [0.2, 0.25) is 0 Å². The average molecular weight is 268 g/mol. The number of hydrogen-bond acceptors (Lipinski definition) is 3. The molecule has 0 radical (unpaired) electrons. The molecule has 0 heterocycles. The molecule has 3 nitrogen and oxygen atoms in total. The van der Waals surface area contributed by atoms with Gasteiger partial charge in [-0.05, 0) is 65.4 Å². The maximum atomic E-state index is 10.0. The molecule has 0 saturated carbocycles. The van der Waals surface area contributed by atoms with Crippen LogP contribution in [-0.4, -0.2) is 17.3 Å². The van der Waals surface area contributed by atoms with Crippen LogP contribution >= 0.6 is 0 Å². The zero-order chi connectivity index (χ0) is 14.3. The monoisotopic (exact) mass is 268 g/mol. The molecule has 2 aromatic rings. The lowest BCUT2D eigenvalue weighted by Crippen LogP contribution is -1.91. The van der Waals surface area contributed by atoms with Crippen molar-refractivity contribution in [1.82, 2.24) is 0 Å². The molecule has 0 bridgehead atoms. The van der Waals surface area contributed by atoms with Crippen molar-refractivity contribution in [3.63, 3.8) is 0 Å². The van der Waals surface area contributed by atoms with Gasteiger partial charge in [-0.3, -0.25) is 0 Å². The van der Waals surface area contributed by atoms with Crippen molar-refractivity contribution in [2.24, 2.45) is 0 Å². The first-order valence-electron chi connectivity index (χ1n) is 6.50. The molecular formula is C17H16O3. The van der Waals surface area contributed by atoms with Gasteiger partial charge in [0.05, 0.1) is 7.11 Å². The largest absolute Gasteiger partial charge is 0.508 e. The third kappa shape index (κ3) is 1.92. The summed E-state index contributed by atoms with van der Waals surface area (Å²) in [7, 11) is 1.54. The van der Waals surface area contributed by atoms with E-state index in [0.717, 1.165) is 34.2 Å². The average Bonchev–Trinajstić information content (AvgIpc) is 2.56. The van der Waals surface area contributed by atoms with Gasteiger partial charge in [-0.2, -0.15) is 0 Å². The van der Waals surface area contributed by atoms with Gasteiger partial charge in [0, 0.05) is 0 Å². The molecule has 3 rings (SSSR count). The fraction of sp³-hybridized carbons (Fsp3) is 0.176. The van der Waals surface area contributed by atoms with Gasteiger partial charge in [0.15, 0.2) is 11.5 Å². The van der Waals surface area contributed by atoms with E-state index >= 15 is 0 Å². The van der Waals surface area contributed by atoms with Crippen LogP contribution in [0.15, 0.2) is 36.4 Å². The van der Waals surface area contributed by atoms with Gasteiger partial charge in [-0.1, -0.05) is 12.1 Å². The summed E-state index contributed by atoms with van der Waals surface area (Å²) in [5.41, 5.74) is 5.22. The molecule has 2 N–H and O–H groups in total. The van der Waals surface area contributed by atoms with Crippen molar-refractivity contribution < 1.29 is 14.9 Å². The highest BCUT2D eigenvalue weighted by Gasteiger charge is 2.18. The smallest absolute Gasteiger partial charge is 0.161 e. The molecule has 102 valence electrons. The maximum Gasteiger partial charge on any atom is 0.161 e. The number of rotatable bonds is 1. The van der Waals surface area contributed by atoms with Crippen LogP contribution in [0.5, 0.6) is 17.2 Å². The Morgan fingerprint density at radius 3 is 2.55 bits per heavy atom. The van der Waals surface area contributed by atoms with E-state index < -0.39 is 0 Å². The maximum absolute atomic E-state index is 10.0. The number of phenols is 2. The molecule has 1 aliphatic carbocycles. The van der Waals surface area contributed by atoms with Crippen molar-refractivity contribution in [2.75, 3.05) is 7.11 Å². The van der Waals surface area contributed by atoms with E-state index in [-0.39, 0.29) is 11.5 Å². The minimum atomic E-state index is 0.125. The minimum Gasteiger partial charge on any atom is -0.508 e. The number of hydrogen-bond donors (Lipinski definition) is 2. The summed E-state index contributed by atoms with van der Waals surface area (Å²) in [5, 5.41) is 19.7. The van der Waals surface area contributed by atoms with Gasteiger partial charge in [0.25, 0.3) is 0 Å². The molecule has 1 aliphatic rings. The van der Waals surface area contributed by atoms with Gasteiger partial charge >= 0.3 is 0 Å². The lowest BCUT2D eigenvalue weighted by atomic mass is 9.94. The van der Waals surface area contributed by atoms with Gasteiger partial charge < -0.3 is 14.9 Å². The molecule has 0 amide bonds. The molecule has 0 atom stereocenters. The minimum absolute atomic E-state index is 0.125. The van der Waals surface area contributed by atoms with Crippen molar-refractivity contribution in [3.05, 3.63) is 47.5 Å². The highest BCUT2D eigenvalue weighted by atomic mass is 16.5. The van der Waals surface area contributed by atoms with E-state index in [9.17, 15) is 10.2 Å². The van der Waals surface area contributed by atoms with Gasteiger partial charge in [0.1, 0.15) is 5.75 Å². The summed E-state index contributed by atoms with van der Waals surface area (Å²) in [6, 6.07) is 8.92. The van der Waals surface area contributed by atoms with Crippen LogP contribution in [0.1, 0.15) is 18.1 Å². The number of benzene rings is 2. The Kier molecular flexibility index (Phi) is 2.90. The Hall–Kier alpha value is -2.42. The normalized spacial score (nSPS) is 13.0. The molecule has 0 unspecified atom stereocenters. The summed E-state index contributed by atoms with van der Waals surface area (Å²) in [4.78, 5) is 0. The second-order valence-electron chi connectivity index (χ2n) is 5.00. The molecule has 3 heteroatoms. The zero-order valence-electron chi connectivity index (χ0n) is 11.5. The second kappa shape index (κ2) is 4.60. The van der Waals surface area contributed by atoms with Crippen molar-refractivity contribution in [2.45, 2.75) is 13.3 Å². The third-order valence-electron chi connectivity index (χ3n) is 3.75. The highest BCUT2D eigenvalue weighted by molar-refractivity contribution is 5.86. The topological polar surface area (TPSA) is 49.7 Å². The van der Waals surface area contributed by atoms with Gasteiger partial charge in [-0.15, -0.1) is 0 Å². The van der Waals surface area contributed by atoms with Crippen LogP contribution in [-0.2, 0) is 6.42 Å². The summed E-state index contributed by atoms with van der Waals surface area (Å²) in [6.45, 7) is 2.04. The lowest BCUT2D eigenvalue weighted by Gasteiger charge is -2.14. The first-order valence-corrected chi connectivity index (χ1v) is 6.50. The van der Waals surface area contributed by atoms with Crippen molar-refractivity contribution >= 4 is 5.57 Å². The van der Waals surface area contributed by atoms with Crippen LogP contribution < -0.4 is 4.74 Å². The predicted molar refractivity (Wildman–Crippen MR) is 79.1 cm³/mol. The Labute approximate surface area is 117 Å². The van der Waals surface area contributed by atoms with Crippen LogP contribution in [0.3, 0.4) is 0 Å². The molecule has 0 aliphatic heterocycles. The number of phenolic OH excluding ortho intramolecular Hbond substituents is 2. The highest BCUT2D eigenvalue weighted by Crippen LogP contribution is 2.41. The van der Waals surface area contributed by atoms with E-state index in [1.54, 1.807) is 25.3 Å². The molecule has 20 heavy (non-hydrogen) atoms. The Morgan fingerprint density at radius 2 is 1.80 bits per heavy atom. The SMILES string of the molecule is COc1cc2c(cc1O)-c1ccc(O)cc1CC=C2C. The summed E-state index contributed by atoms with van der Waals surface area (Å²) in [6.07, 6.45) is 2.88. The van der Waals surface area contributed by atoms with E-state index in [0.29, 0.717) is 5.75 Å². The van der Waals surface area contributed by atoms with Crippen LogP contribution in [0.25, 0.3) is 16.7 Å². The van der Waals surface area contributed by atoms with Crippen molar-refractivity contribution in [1.29, 1.82) is 0 Å². The number of aromatic hydroxyl groups is 2. The standard InChI is InChI=1S/C17H16O3/c1-10-3-4-11-7-12(18)5-6-13(11)15-8-16(19)17(20-2)9-14(10)15/h3,5-9,18-19H,4H2,1-2H3. The summed E-state index contributed by atoms with van der Waals surface area (Å²) >= 11 is 0. The summed E-state index contributed by atoms with van der Waals surface area (Å²) in [5.74, 6) is 0.856. The first-order chi connectivity index (χ1) is 9.60. The first kappa shape index (κ1) is 12.6. The number of fused-ring (bicyclic) bond motifs is 3. The Bertz CT molecular complexity index is 714. The molecule has 0 aromatic heterocycles. The fourth-order valence-electron chi connectivity index (χ4n) is 2.67. The Balaban J connectivity index is 2.32. The number of methoxy groups -OCH3 is 1. The quantitative estimate of drug-likeness (QED) is 0.828. The van der Waals surface area contributed by atoms with E-state index in [1.165, 1.54) is 0 Å². The second-order valence-corrected chi connectivity index (χ2v) is 5.00. The molecule has 0 saturated heterocycles. The summed E-state index contributed by atoms with van der Waals surface area (Å²) < 4.78 is 5.19. The lowest BCUT2D eigenvalue weighted by molar-refractivity contribution is 0.373.